The van der Waals surface area contributed by atoms with Crippen molar-refractivity contribution in [1.82, 2.24) is 0 Å². The molecule has 0 amide bonds. The molecular weight excluding hydrogens is 184 g/mol. The van der Waals surface area contributed by atoms with Gasteiger partial charge in [-0.3, -0.25) is 4.79 Å². The van der Waals surface area contributed by atoms with E-state index in [1.807, 2.05) is 0 Å². The smallest absolute Gasteiger partial charge is 0.215 e. The van der Waals surface area contributed by atoms with E-state index in [2.05, 4.69) is 26.2 Å². The van der Waals surface area contributed by atoms with Crippen LogP contribution in [-0.2, 0) is 14.3 Å². The molecule has 1 aliphatic rings. The van der Waals surface area contributed by atoms with E-state index >= 15 is 0 Å². The average Bonchev–Trinajstić information content (AvgIpc) is 2.46. The number of hydrogen-bond donors (Lipinski definition) is 0. The maximum absolute atomic E-state index is 10.5. The van der Waals surface area contributed by atoms with Crippen molar-refractivity contribution in [2.75, 3.05) is 0 Å². The minimum absolute atomic E-state index is 0.0419. The lowest BCUT2D eigenvalue weighted by Crippen LogP contribution is -2.44. The fourth-order valence-corrected chi connectivity index (χ4v) is 3.16. The Balaban J connectivity index is 2.74. The van der Waals surface area contributed by atoms with E-state index in [0.29, 0.717) is 6.29 Å². The van der Waals surface area contributed by atoms with Gasteiger partial charge >= 0.3 is 0 Å². The van der Waals surface area contributed by atoms with Crippen molar-refractivity contribution in [2.24, 2.45) is 0 Å². The summed E-state index contributed by atoms with van der Waals surface area (Å²) >= 11 is 0. The summed E-state index contributed by atoms with van der Waals surface area (Å²) < 4.78 is 10.8. The van der Waals surface area contributed by atoms with Gasteiger partial charge in [0.15, 0.2) is 6.29 Å². The van der Waals surface area contributed by atoms with Gasteiger partial charge in [-0.05, 0) is 0 Å². The van der Waals surface area contributed by atoms with Gasteiger partial charge in [-0.15, -0.1) is 6.58 Å². The summed E-state index contributed by atoms with van der Waals surface area (Å²) in [5, 5.41) is 0. The summed E-state index contributed by atoms with van der Waals surface area (Å²) in [5.41, 5.74) is 0.0419. The summed E-state index contributed by atoms with van der Waals surface area (Å²) in [6.45, 7) is 10.2. The van der Waals surface area contributed by atoms with Crippen molar-refractivity contribution in [3.8, 4) is 0 Å². The zero-order chi connectivity index (χ0) is 10.1. The van der Waals surface area contributed by atoms with Crippen molar-refractivity contribution < 1.29 is 14.3 Å². The Kier molecular flexibility index (Phi) is 3.05. The molecule has 0 aromatic rings. The molecule has 0 aliphatic carbocycles. The van der Waals surface area contributed by atoms with Crippen molar-refractivity contribution in [2.45, 2.75) is 37.8 Å². The lowest BCUT2D eigenvalue weighted by Gasteiger charge is -2.25. The zero-order valence-corrected chi connectivity index (χ0v) is 9.32. The van der Waals surface area contributed by atoms with Crippen LogP contribution in [0.3, 0.4) is 0 Å². The molecule has 0 saturated carbocycles. The van der Waals surface area contributed by atoms with Crippen LogP contribution in [0.1, 0.15) is 0 Å². The van der Waals surface area contributed by atoms with E-state index < -0.39 is 14.4 Å². The number of carbonyl (C=O) groups excluding carboxylic acids is 1. The fraction of sp³-hybridized carbons (Fsp3) is 0.667. The fourth-order valence-electron chi connectivity index (χ4n) is 1.42. The quantitative estimate of drug-likeness (QED) is 0.392. The van der Waals surface area contributed by atoms with Crippen LogP contribution in [0.2, 0.25) is 19.6 Å². The van der Waals surface area contributed by atoms with Crippen molar-refractivity contribution in [1.29, 1.82) is 0 Å². The maximum Gasteiger partial charge on any atom is 0.215 e. The molecule has 13 heavy (non-hydrogen) atoms. The Hall–Kier alpha value is -0.453. The van der Waals surface area contributed by atoms with Gasteiger partial charge in [0.1, 0.15) is 6.10 Å². The molecule has 4 heteroatoms. The Morgan fingerprint density at radius 2 is 1.92 bits per heavy atom. The predicted octanol–water partition coefficient (Wildman–Crippen LogP) is 1.36. The molecule has 0 spiro atoms. The normalized spacial score (nSPS) is 34.5. The van der Waals surface area contributed by atoms with Gasteiger partial charge in [-0.1, -0.05) is 25.7 Å². The molecule has 3 nitrogen and oxygen atoms in total. The van der Waals surface area contributed by atoms with Crippen molar-refractivity contribution >= 4 is 14.4 Å². The van der Waals surface area contributed by atoms with Gasteiger partial charge in [-0.2, -0.15) is 0 Å². The first kappa shape index (κ1) is 10.6. The van der Waals surface area contributed by atoms with Crippen molar-refractivity contribution in [3.63, 3.8) is 0 Å². The lowest BCUT2D eigenvalue weighted by atomic mass is 10.4. The van der Waals surface area contributed by atoms with Crippen LogP contribution in [0.15, 0.2) is 12.7 Å². The third-order valence-electron chi connectivity index (χ3n) is 2.07. The van der Waals surface area contributed by atoms with E-state index in [1.165, 1.54) is 0 Å². The van der Waals surface area contributed by atoms with Crippen LogP contribution in [0.4, 0.5) is 0 Å². The molecule has 74 valence electrons. The van der Waals surface area contributed by atoms with E-state index in [0.717, 1.165) is 0 Å². The minimum Gasteiger partial charge on any atom is -0.343 e. The van der Waals surface area contributed by atoms with E-state index in [4.69, 9.17) is 9.47 Å². The Labute approximate surface area is 79.7 Å². The van der Waals surface area contributed by atoms with Gasteiger partial charge in [0.2, 0.25) is 6.29 Å². The molecule has 1 rings (SSSR count). The van der Waals surface area contributed by atoms with Gasteiger partial charge in [0.05, 0.1) is 13.8 Å². The predicted molar refractivity (Wildman–Crippen MR) is 53.1 cm³/mol. The second kappa shape index (κ2) is 3.73. The molecule has 0 aromatic carbocycles. The molecule has 1 heterocycles. The molecule has 3 unspecified atom stereocenters. The van der Waals surface area contributed by atoms with Gasteiger partial charge < -0.3 is 9.47 Å². The average molecular weight is 200 g/mol. The number of ether oxygens (including phenoxy) is 2. The number of rotatable bonds is 3. The summed E-state index contributed by atoms with van der Waals surface area (Å²) in [6.07, 6.45) is 1.59. The monoisotopic (exact) mass is 200 g/mol. The Morgan fingerprint density at radius 3 is 2.23 bits per heavy atom. The molecule has 0 radical (unpaired) electrons. The van der Waals surface area contributed by atoms with Gasteiger partial charge in [0, 0.05) is 0 Å². The first-order valence-corrected chi connectivity index (χ1v) is 7.95. The molecule has 1 saturated heterocycles. The summed E-state index contributed by atoms with van der Waals surface area (Å²) in [6, 6.07) is 0. The van der Waals surface area contributed by atoms with E-state index in [1.54, 1.807) is 6.08 Å². The number of aldehydes is 1. The summed E-state index contributed by atoms with van der Waals surface area (Å²) in [5.74, 6) is 0. The zero-order valence-electron chi connectivity index (χ0n) is 8.32. The van der Waals surface area contributed by atoms with Crippen LogP contribution in [0, 0.1) is 0 Å². The molecule has 3 atom stereocenters. The largest absolute Gasteiger partial charge is 0.343 e. The third kappa shape index (κ3) is 2.27. The highest BCUT2D eigenvalue weighted by Crippen LogP contribution is 2.26. The van der Waals surface area contributed by atoms with Crippen LogP contribution in [0.25, 0.3) is 0 Å². The Bertz CT molecular complexity index is 209. The SMILES string of the molecule is C=CC1OC(C=O)OC1[Si](C)(C)C. The highest BCUT2D eigenvalue weighted by atomic mass is 28.3. The van der Waals surface area contributed by atoms with E-state index in [-0.39, 0.29) is 11.8 Å². The van der Waals surface area contributed by atoms with Crippen LogP contribution < -0.4 is 0 Å². The topological polar surface area (TPSA) is 35.5 Å². The van der Waals surface area contributed by atoms with Gasteiger partial charge in [-0.25, -0.2) is 0 Å². The Morgan fingerprint density at radius 1 is 1.31 bits per heavy atom. The standard InChI is InChI=1S/C9H16O3Si/c1-5-7-9(13(2,3)4)12-8(6-10)11-7/h5-9H,1H2,2-4H3. The van der Waals surface area contributed by atoms with Gasteiger partial charge in [0.25, 0.3) is 0 Å². The van der Waals surface area contributed by atoms with Crippen LogP contribution >= 0.6 is 0 Å². The second-order valence-electron chi connectivity index (χ2n) is 4.26. The maximum atomic E-state index is 10.5. The number of hydrogen-bond acceptors (Lipinski definition) is 3. The van der Waals surface area contributed by atoms with Crippen LogP contribution in [-0.4, -0.2) is 32.5 Å². The minimum atomic E-state index is -1.44. The molecule has 0 aromatic heterocycles. The summed E-state index contributed by atoms with van der Waals surface area (Å²) in [7, 11) is -1.44. The first-order valence-electron chi connectivity index (χ1n) is 4.38. The van der Waals surface area contributed by atoms with Crippen LogP contribution in [0.5, 0.6) is 0 Å². The summed E-state index contributed by atoms with van der Waals surface area (Å²) in [4.78, 5) is 10.5. The van der Waals surface area contributed by atoms with E-state index in [9.17, 15) is 4.79 Å². The lowest BCUT2D eigenvalue weighted by molar-refractivity contribution is -0.132. The first-order chi connectivity index (χ1) is 5.99. The highest BCUT2D eigenvalue weighted by Gasteiger charge is 2.42. The molecule has 1 aliphatic heterocycles. The number of carbonyl (C=O) groups is 1. The molecule has 1 fully saturated rings. The highest BCUT2D eigenvalue weighted by molar-refractivity contribution is 6.77. The second-order valence-corrected chi connectivity index (χ2v) is 9.56. The molecule has 0 bridgehead atoms. The third-order valence-corrected chi connectivity index (χ3v) is 4.24. The molecular formula is C9H16O3Si. The molecule has 0 N–H and O–H groups in total. The van der Waals surface area contributed by atoms with Crippen molar-refractivity contribution in [3.05, 3.63) is 12.7 Å².